The molecule has 1 N–H and O–H groups in total. The van der Waals surface area contributed by atoms with E-state index >= 15 is 0 Å². The van der Waals surface area contributed by atoms with Gasteiger partial charge < -0.3 is 10.2 Å². The SMILES string of the molecule is Cc1cc(NC(=O)C2CCN(S(=O)(=O)c3ccc4c(c3)CC(C)N4C(=O)C3CC3)CC2)ccc1Br. The van der Waals surface area contributed by atoms with E-state index in [0.29, 0.717) is 32.4 Å². The van der Waals surface area contributed by atoms with Gasteiger partial charge in [-0.1, -0.05) is 15.9 Å². The van der Waals surface area contributed by atoms with Crippen LogP contribution in [0.3, 0.4) is 0 Å². The summed E-state index contributed by atoms with van der Waals surface area (Å²) in [7, 11) is -3.67. The zero-order valence-corrected chi connectivity index (χ0v) is 22.4. The molecule has 9 heteroatoms. The first kappa shape index (κ1) is 24.5. The lowest BCUT2D eigenvalue weighted by molar-refractivity contribution is -0.121. The fourth-order valence-electron chi connectivity index (χ4n) is 5.10. The lowest BCUT2D eigenvalue weighted by atomic mass is 9.97. The highest BCUT2D eigenvalue weighted by atomic mass is 79.9. The number of anilines is 2. The van der Waals surface area contributed by atoms with Gasteiger partial charge in [-0.25, -0.2) is 8.42 Å². The van der Waals surface area contributed by atoms with E-state index in [0.717, 1.165) is 39.8 Å². The van der Waals surface area contributed by atoms with Crippen molar-refractivity contribution in [2.45, 2.75) is 56.9 Å². The molecule has 5 rings (SSSR count). The molecule has 1 atom stereocenters. The maximum atomic E-state index is 13.4. The maximum absolute atomic E-state index is 13.4. The first-order valence-electron chi connectivity index (χ1n) is 12.2. The normalized spacial score (nSPS) is 21.1. The Morgan fingerprint density at radius 3 is 2.37 bits per heavy atom. The van der Waals surface area contributed by atoms with Gasteiger partial charge in [0.25, 0.3) is 0 Å². The monoisotopic (exact) mass is 559 g/mol. The van der Waals surface area contributed by atoms with E-state index in [4.69, 9.17) is 0 Å². The number of aryl methyl sites for hydroxylation is 1. The number of hydrogen-bond acceptors (Lipinski definition) is 4. The van der Waals surface area contributed by atoms with Gasteiger partial charge in [0.2, 0.25) is 21.8 Å². The third kappa shape index (κ3) is 4.78. The van der Waals surface area contributed by atoms with Gasteiger partial charge in [-0.2, -0.15) is 4.31 Å². The maximum Gasteiger partial charge on any atom is 0.243 e. The average Bonchev–Trinajstić information content (AvgIpc) is 3.63. The van der Waals surface area contributed by atoms with Crippen LogP contribution in [0.2, 0.25) is 0 Å². The number of nitrogens with zero attached hydrogens (tertiary/aromatic N) is 2. The van der Waals surface area contributed by atoms with Gasteiger partial charge in [-0.15, -0.1) is 0 Å². The standard InChI is InChI=1S/C26H30BrN3O4S/c1-16-13-21(5-7-23(16)27)28-25(31)18-9-11-29(12-10-18)35(33,34)22-6-8-24-20(15-22)14-17(2)30(24)26(32)19-3-4-19/h5-8,13,15,17-19H,3-4,9-12,14H2,1-2H3,(H,28,31). The summed E-state index contributed by atoms with van der Waals surface area (Å²) in [5, 5.41) is 2.96. The summed E-state index contributed by atoms with van der Waals surface area (Å²) in [6.07, 6.45) is 3.51. The molecule has 1 unspecified atom stereocenters. The van der Waals surface area contributed by atoms with Crippen LogP contribution in [0.1, 0.15) is 43.7 Å². The Hall–Kier alpha value is -2.23. The molecule has 0 bridgehead atoms. The fraction of sp³-hybridized carbons (Fsp3) is 0.462. The number of carbonyl (C=O) groups is 2. The Kier molecular flexibility index (Phi) is 6.52. The van der Waals surface area contributed by atoms with Gasteiger partial charge in [0.05, 0.1) is 4.90 Å². The number of piperidine rings is 1. The molecule has 0 aromatic heterocycles. The summed E-state index contributed by atoms with van der Waals surface area (Å²) in [5.74, 6) is -0.0208. The van der Waals surface area contributed by atoms with Crippen LogP contribution in [0, 0.1) is 18.8 Å². The second kappa shape index (κ2) is 9.33. The van der Waals surface area contributed by atoms with E-state index in [-0.39, 0.29) is 34.6 Å². The molecule has 1 saturated carbocycles. The summed E-state index contributed by atoms with van der Waals surface area (Å²) < 4.78 is 29.2. The molecule has 2 aliphatic heterocycles. The average molecular weight is 561 g/mol. The van der Waals surface area contributed by atoms with Crippen molar-refractivity contribution in [3.8, 4) is 0 Å². The Morgan fingerprint density at radius 1 is 1.00 bits per heavy atom. The topological polar surface area (TPSA) is 86.8 Å². The number of hydrogen-bond donors (Lipinski definition) is 1. The summed E-state index contributed by atoms with van der Waals surface area (Å²) in [6.45, 7) is 4.59. The molecule has 0 spiro atoms. The third-order valence-corrected chi connectivity index (χ3v) is 10.1. The Bertz CT molecular complexity index is 1280. The number of nitrogens with one attached hydrogen (secondary N) is 1. The van der Waals surface area contributed by atoms with Gasteiger partial charge in [0.1, 0.15) is 0 Å². The minimum atomic E-state index is -3.67. The van der Waals surface area contributed by atoms with Crippen LogP contribution >= 0.6 is 15.9 Å². The lowest BCUT2D eigenvalue weighted by Crippen LogP contribution is -2.41. The van der Waals surface area contributed by atoms with Crippen LogP contribution in [0.15, 0.2) is 45.8 Å². The first-order chi connectivity index (χ1) is 16.6. The molecule has 3 aliphatic rings. The molecule has 35 heavy (non-hydrogen) atoms. The van der Waals surface area contributed by atoms with Crippen molar-refractivity contribution in [1.29, 1.82) is 0 Å². The van der Waals surface area contributed by atoms with E-state index < -0.39 is 10.0 Å². The minimum Gasteiger partial charge on any atom is -0.326 e. The van der Waals surface area contributed by atoms with E-state index in [9.17, 15) is 18.0 Å². The van der Waals surface area contributed by atoms with Gasteiger partial charge in [-0.3, -0.25) is 9.59 Å². The summed E-state index contributed by atoms with van der Waals surface area (Å²) in [4.78, 5) is 27.6. The number of rotatable bonds is 5. The van der Waals surface area contributed by atoms with Crippen LogP contribution < -0.4 is 10.2 Å². The van der Waals surface area contributed by atoms with Crippen LogP contribution in [0.4, 0.5) is 11.4 Å². The van der Waals surface area contributed by atoms with Crippen molar-refractivity contribution in [1.82, 2.24) is 4.31 Å². The minimum absolute atomic E-state index is 0.0415. The number of carbonyl (C=O) groups excluding carboxylic acids is 2. The van der Waals surface area contributed by atoms with Crippen molar-refractivity contribution in [3.05, 3.63) is 52.0 Å². The largest absolute Gasteiger partial charge is 0.326 e. The summed E-state index contributed by atoms with van der Waals surface area (Å²) in [6, 6.07) is 10.8. The molecule has 1 saturated heterocycles. The van der Waals surface area contributed by atoms with Gasteiger partial charge >= 0.3 is 0 Å². The number of halogens is 1. The fourth-order valence-corrected chi connectivity index (χ4v) is 6.87. The molecular weight excluding hydrogens is 530 g/mol. The molecule has 186 valence electrons. The molecule has 7 nitrogen and oxygen atoms in total. The summed E-state index contributed by atoms with van der Waals surface area (Å²) in [5.41, 5.74) is 3.53. The highest BCUT2D eigenvalue weighted by molar-refractivity contribution is 9.10. The van der Waals surface area contributed by atoms with Gasteiger partial charge in [0.15, 0.2) is 0 Å². The smallest absolute Gasteiger partial charge is 0.243 e. The van der Waals surface area contributed by atoms with Crippen molar-refractivity contribution in [2.75, 3.05) is 23.3 Å². The van der Waals surface area contributed by atoms with Gasteiger partial charge in [-0.05, 0) is 93.5 Å². The predicted octanol–water partition coefficient (Wildman–Crippen LogP) is 4.48. The highest BCUT2D eigenvalue weighted by Crippen LogP contribution is 2.40. The zero-order chi connectivity index (χ0) is 24.9. The second-order valence-electron chi connectivity index (χ2n) is 9.96. The third-order valence-electron chi connectivity index (χ3n) is 7.32. The van der Waals surface area contributed by atoms with Crippen molar-refractivity contribution in [3.63, 3.8) is 0 Å². The van der Waals surface area contributed by atoms with Crippen LogP contribution in [-0.4, -0.2) is 43.7 Å². The zero-order valence-electron chi connectivity index (χ0n) is 20.0. The molecule has 2 heterocycles. The van der Waals surface area contributed by atoms with Gasteiger partial charge in [0, 0.05) is 46.8 Å². The second-order valence-corrected chi connectivity index (χ2v) is 12.8. The summed E-state index contributed by atoms with van der Waals surface area (Å²) >= 11 is 3.46. The highest BCUT2D eigenvalue weighted by Gasteiger charge is 2.40. The number of fused-ring (bicyclic) bond motifs is 1. The predicted molar refractivity (Wildman–Crippen MR) is 139 cm³/mol. The molecule has 2 aromatic carbocycles. The lowest BCUT2D eigenvalue weighted by Gasteiger charge is -2.30. The molecule has 2 amide bonds. The molecule has 2 aromatic rings. The molecule has 1 aliphatic carbocycles. The Morgan fingerprint density at radius 2 is 1.71 bits per heavy atom. The molecule has 0 radical (unpaired) electrons. The molecule has 2 fully saturated rings. The van der Waals surface area contributed by atoms with Crippen LogP contribution in [0.25, 0.3) is 0 Å². The van der Waals surface area contributed by atoms with Crippen molar-refractivity contribution >= 4 is 49.1 Å². The quantitative estimate of drug-likeness (QED) is 0.584. The Labute approximate surface area is 215 Å². The van der Waals surface area contributed by atoms with Crippen LogP contribution in [-0.2, 0) is 26.0 Å². The van der Waals surface area contributed by atoms with E-state index in [1.54, 1.807) is 18.2 Å². The number of amides is 2. The van der Waals surface area contributed by atoms with Crippen molar-refractivity contribution in [2.24, 2.45) is 11.8 Å². The molecular formula is C26H30BrN3O4S. The first-order valence-corrected chi connectivity index (χ1v) is 14.4. The van der Waals surface area contributed by atoms with E-state index in [1.807, 2.05) is 36.9 Å². The van der Waals surface area contributed by atoms with Crippen molar-refractivity contribution < 1.29 is 18.0 Å². The number of benzene rings is 2. The number of sulfonamides is 1. The Balaban J connectivity index is 1.24. The van der Waals surface area contributed by atoms with Crippen LogP contribution in [0.5, 0.6) is 0 Å². The van der Waals surface area contributed by atoms with E-state index in [2.05, 4.69) is 21.2 Å². The van der Waals surface area contributed by atoms with E-state index in [1.165, 1.54) is 4.31 Å².